The third kappa shape index (κ3) is 3.23. The number of H-pyrrole nitrogens is 1. The number of morpholine rings is 1. The van der Waals surface area contributed by atoms with Gasteiger partial charge in [-0.2, -0.15) is 0 Å². The third-order valence-electron chi connectivity index (χ3n) is 6.78. The quantitative estimate of drug-likeness (QED) is 0.562. The van der Waals surface area contributed by atoms with Gasteiger partial charge in [0.25, 0.3) is 5.91 Å². The molecular formula is C25H29N3O4. The van der Waals surface area contributed by atoms with Gasteiger partial charge in [-0.1, -0.05) is 6.92 Å². The maximum absolute atomic E-state index is 13.1. The molecule has 168 valence electrons. The zero-order valence-corrected chi connectivity index (χ0v) is 18.8. The molecule has 5 rings (SSSR count). The molecule has 1 fully saturated rings. The van der Waals surface area contributed by atoms with Gasteiger partial charge < -0.3 is 24.7 Å². The summed E-state index contributed by atoms with van der Waals surface area (Å²) in [7, 11) is 0. The molecule has 0 unspecified atom stereocenters. The minimum Gasteiger partial charge on any atom is -0.462 e. The molecule has 1 aromatic carbocycles. The van der Waals surface area contributed by atoms with E-state index in [1.807, 2.05) is 19.9 Å². The maximum Gasteiger partial charge on any atom is 0.340 e. The summed E-state index contributed by atoms with van der Waals surface area (Å²) in [5.41, 5.74) is 7.82. The second-order valence-corrected chi connectivity index (χ2v) is 8.57. The molecule has 1 amide bonds. The van der Waals surface area contributed by atoms with E-state index in [-0.39, 0.29) is 11.9 Å². The van der Waals surface area contributed by atoms with E-state index in [1.165, 1.54) is 0 Å². The van der Waals surface area contributed by atoms with Crippen molar-refractivity contribution in [1.29, 1.82) is 0 Å². The number of rotatable bonds is 4. The lowest BCUT2D eigenvalue weighted by Gasteiger charge is -2.37. The van der Waals surface area contributed by atoms with Crippen LogP contribution in [0.15, 0.2) is 18.2 Å². The van der Waals surface area contributed by atoms with E-state index in [9.17, 15) is 9.59 Å². The summed E-state index contributed by atoms with van der Waals surface area (Å²) in [5.74, 6) is -0.385. The predicted octanol–water partition coefficient (Wildman–Crippen LogP) is 3.92. The average molecular weight is 436 g/mol. The Labute approximate surface area is 187 Å². The van der Waals surface area contributed by atoms with Crippen molar-refractivity contribution >= 4 is 34.4 Å². The fourth-order valence-electron chi connectivity index (χ4n) is 5.26. The van der Waals surface area contributed by atoms with Gasteiger partial charge in [0.05, 0.1) is 37.0 Å². The van der Waals surface area contributed by atoms with Crippen molar-refractivity contribution in [2.24, 2.45) is 0 Å². The molecule has 0 spiro atoms. The number of nitrogens with zero attached hydrogens (tertiary/aromatic N) is 1. The highest BCUT2D eigenvalue weighted by Gasteiger charge is 2.35. The molecule has 1 aromatic heterocycles. The number of fused-ring (bicyclic) bond motifs is 2. The van der Waals surface area contributed by atoms with Crippen molar-refractivity contribution in [3.63, 3.8) is 0 Å². The molecule has 2 aliphatic heterocycles. The minimum atomic E-state index is -0.301. The van der Waals surface area contributed by atoms with Crippen LogP contribution < -0.4 is 10.2 Å². The monoisotopic (exact) mass is 435 g/mol. The molecule has 3 aliphatic rings. The fourth-order valence-corrected chi connectivity index (χ4v) is 5.26. The first kappa shape index (κ1) is 20.8. The van der Waals surface area contributed by atoms with Crippen molar-refractivity contribution < 1.29 is 19.1 Å². The minimum absolute atomic E-state index is 0.0843. The van der Waals surface area contributed by atoms with Gasteiger partial charge in [0.1, 0.15) is 0 Å². The van der Waals surface area contributed by atoms with Gasteiger partial charge in [-0.25, -0.2) is 4.79 Å². The van der Waals surface area contributed by atoms with Crippen molar-refractivity contribution in [1.82, 2.24) is 4.98 Å². The Balaban J connectivity index is 1.59. The topological polar surface area (TPSA) is 83.7 Å². The molecule has 1 saturated heterocycles. The SMILES string of the molecule is CCOC(=O)c1c(C)[nH]c2c1CC/C2=C1/C(=O)Nc2ccc(N3CCOC[C@@H]3CC)cc21. The Morgan fingerprint density at radius 3 is 2.91 bits per heavy atom. The predicted molar refractivity (Wildman–Crippen MR) is 124 cm³/mol. The Morgan fingerprint density at radius 1 is 1.28 bits per heavy atom. The second-order valence-electron chi connectivity index (χ2n) is 8.57. The third-order valence-corrected chi connectivity index (χ3v) is 6.78. The summed E-state index contributed by atoms with van der Waals surface area (Å²) in [4.78, 5) is 31.3. The molecule has 0 bridgehead atoms. The zero-order valence-electron chi connectivity index (χ0n) is 18.8. The Hall–Kier alpha value is -3.06. The molecule has 2 aromatic rings. The van der Waals surface area contributed by atoms with Gasteiger partial charge in [-0.3, -0.25) is 4.79 Å². The smallest absolute Gasteiger partial charge is 0.340 e. The van der Waals surface area contributed by atoms with Gasteiger partial charge in [0, 0.05) is 34.9 Å². The van der Waals surface area contributed by atoms with Gasteiger partial charge >= 0.3 is 5.97 Å². The average Bonchev–Trinajstić information content (AvgIpc) is 3.43. The largest absolute Gasteiger partial charge is 0.462 e. The number of esters is 1. The van der Waals surface area contributed by atoms with Crippen LogP contribution in [-0.2, 0) is 20.7 Å². The van der Waals surface area contributed by atoms with E-state index in [0.717, 1.165) is 71.9 Å². The lowest BCUT2D eigenvalue weighted by atomic mass is 9.98. The molecule has 1 aliphatic carbocycles. The number of carbonyl (C=O) groups is 2. The number of ether oxygens (including phenoxy) is 2. The molecular weight excluding hydrogens is 406 g/mol. The number of amides is 1. The lowest BCUT2D eigenvalue weighted by molar-refractivity contribution is -0.110. The molecule has 7 heteroatoms. The van der Waals surface area contributed by atoms with Crippen LogP contribution in [0.3, 0.4) is 0 Å². The summed E-state index contributed by atoms with van der Waals surface area (Å²) >= 11 is 0. The first-order chi connectivity index (χ1) is 15.5. The number of carbonyl (C=O) groups excluding carboxylic acids is 2. The van der Waals surface area contributed by atoms with Crippen LogP contribution in [0.4, 0.5) is 11.4 Å². The Morgan fingerprint density at radius 2 is 2.12 bits per heavy atom. The standard InChI is InChI=1S/C25H29N3O4/c1-4-15-13-31-11-10-28(15)16-6-9-20-19(12-16)22(24(29)27-20)18-8-7-17-21(25(30)32-5-2)14(3)26-23(17)18/h6,9,12,15,26H,4-5,7-8,10-11,13H2,1-3H3,(H,27,29)/b22-18-/t15-/m0/s1. The summed E-state index contributed by atoms with van der Waals surface area (Å²) < 4.78 is 10.9. The van der Waals surface area contributed by atoms with Gasteiger partial charge in [-0.05, 0) is 62.4 Å². The summed E-state index contributed by atoms with van der Waals surface area (Å²) in [5, 5.41) is 3.03. The zero-order chi connectivity index (χ0) is 22.4. The van der Waals surface area contributed by atoms with Crippen LogP contribution in [0.25, 0.3) is 11.1 Å². The van der Waals surface area contributed by atoms with Crippen LogP contribution in [0.2, 0.25) is 0 Å². The maximum atomic E-state index is 13.1. The van der Waals surface area contributed by atoms with E-state index in [0.29, 0.717) is 30.4 Å². The number of aryl methyl sites for hydroxylation is 1. The summed E-state index contributed by atoms with van der Waals surface area (Å²) in [6.07, 6.45) is 2.44. The van der Waals surface area contributed by atoms with E-state index >= 15 is 0 Å². The van der Waals surface area contributed by atoms with Crippen LogP contribution >= 0.6 is 0 Å². The Bertz CT molecular complexity index is 1130. The number of aromatic amines is 1. The van der Waals surface area contributed by atoms with Crippen molar-refractivity contribution in [3.05, 3.63) is 46.3 Å². The molecule has 0 radical (unpaired) electrons. The van der Waals surface area contributed by atoms with E-state index < -0.39 is 0 Å². The lowest BCUT2D eigenvalue weighted by Crippen LogP contribution is -2.45. The van der Waals surface area contributed by atoms with Gasteiger partial charge in [-0.15, -0.1) is 0 Å². The Kier molecular flexibility index (Phi) is 5.29. The number of benzene rings is 1. The molecule has 7 nitrogen and oxygen atoms in total. The number of allylic oxidation sites excluding steroid dienone is 1. The van der Waals surface area contributed by atoms with Gasteiger partial charge in [0.15, 0.2) is 0 Å². The highest BCUT2D eigenvalue weighted by Crippen LogP contribution is 2.45. The van der Waals surface area contributed by atoms with Gasteiger partial charge in [0.2, 0.25) is 0 Å². The second kappa shape index (κ2) is 8.13. The van der Waals surface area contributed by atoms with E-state index in [4.69, 9.17) is 9.47 Å². The van der Waals surface area contributed by atoms with E-state index in [1.54, 1.807) is 0 Å². The van der Waals surface area contributed by atoms with Crippen molar-refractivity contribution in [3.8, 4) is 0 Å². The number of hydrogen-bond donors (Lipinski definition) is 2. The van der Waals surface area contributed by atoms with Crippen LogP contribution in [0.1, 0.15) is 59.6 Å². The molecule has 1 atom stereocenters. The van der Waals surface area contributed by atoms with Crippen molar-refractivity contribution in [2.75, 3.05) is 36.6 Å². The number of hydrogen-bond acceptors (Lipinski definition) is 5. The van der Waals surface area contributed by atoms with Crippen LogP contribution in [-0.4, -0.2) is 49.3 Å². The van der Waals surface area contributed by atoms with Crippen LogP contribution in [0, 0.1) is 6.92 Å². The normalized spacial score (nSPS) is 22.0. The number of nitrogens with one attached hydrogen (secondary N) is 2. The first-order valence-corrected chi connectivity index (χ1v) is 11.5. The molecule has 2 N–H and O–H groups in total. The molecule has 0 saturated carbocycles. The fraction of sp³-hybridized carbons (Fsp3) is 0.440. The molecule has 32 heavy (non-hydrogen) atoms. The number of aromatic nitrogens is 1. The van der Waals surface area contributed by atoms with E-state index in [2.05, 4.69) is 34.3 Å². The molecule has 3 heterocycles. The highest BCUT2D eigenvalue weighted by molar-refractivity contribution is 6.37. The van der Waals surface area contributed by atoms with Crippen LogP contribution in [0.5, 0.6) is 0 Å². The number of anilines is 2. The van der Waals surface area contributed by atoms with Crippen molar-refractivity contribution in [2.45, 2.75) is 46.1 Å². The first-order valence-electron chi connectivity index (χ1n) is 11.5. The summed E-state index contributed by atoms with van der Waals surface area (Å²) in [6, 6.07) is 6.54. The highest BCUT2D eigenvalue weighted by atomic mass is 16.5. The summed E-state index contributed by atoms with van der Waals surface area (Å²) in [6.45, 7) is 8.48.